The molecule has 0 radical (unpaired) electrons. The largest absolute Gasteiger partial charge is 0.390 e. The number of rotatable bonds is 1. The average molecular weight is 425 g/mol. The second kappa shape index (κ2) is 6.78. The lowest BCUT2D eigenvalue weighted by atomic mass is 9.87. The highest BCUT2D eigenvalue weighted by atomic mass is 32.2. The smallest absolute Gasteiger partial charge is 0.257 e. The van der Waals surface area contributed by atoms with Crippen LogP contribution in [0, 0.1) is 0 Å². The number of carbonyl (C=O) groups is 2. The minimum Gasteiger partial charge on any atom is -0.390 e. The van der Waals surface area contributed by atoms with Gasteiger partial charge in [0.1, 0.15) is 0 Å². The summed E-state index contributed by atoms with van der Waals surface area (Å²) in [6.45, 7) is 0.952. The lowest BCUT2D eigenvalue weighted by Gasteiger charge is -2.43. The van der Waals surface area contributed by atoms with Crippen LogP contribution in [0.2, 0.25) is 0 Å². The van der Waals surface area contributed by atoms with Crippen LogP contribution in [0.4, 0.5) is 5.00 Å². The highest BCUT2D eigenvalue weighted by Gasteiger charge is 2.47. The van der Waals surface area contributed by atoms with Gasteiger partial charge < -0.3 is 10.6 Å². The highest BCUT2D eigenvalue weighted by Crippen LogP contribution is 2.42. The van der Waals surface area contributed by atoms with Crippen LogP contribution in [0.1, 0.15) is 40.0 Å². The van der Waals surface area contributed by atoms with Gasteiger partial charge in [0.05, 0.1) is 31.0 Å². The van der Waals surface area contributed by atoms with Crippen LogP contribution in [0.3, 0.4) is 0 Å². The van der Waals surface area contributed by atoms with Crippen molar-refractivity contribution in [1.82, 2.24) is 4.90 Å². The van der Waals surface area contributed by atoms with Gasteiger partial charge in [0.2, 0.25) is 0 Å². The molecule has 1 amide bonds. The van der Waals surface area contributed by atoms with E-state index in [4.69, 9.17) is 5.73 Å². The standard InChI is InChI=1S/C22H20N2O3S2/c23-20-19(15-6-1-3-7-17(15)28-20)21(26)24-11-9-22(10-12-24)13-16(25)14-5-2-4-8-18(14)29(22)27/h1-8H,9-13,23H2. The van der Waals surface area contributed by atoms with Crippen LogP contribution in [0.25, 0.3) is 10.1 Å². The third-order valence-corrected chi connectivity index (χ3v) is 9.16. The zero-order valence-electron chi connectivity index (χ0n) is 15.7. The maximum Gasteiger partial charge on any atom is 0.257 e. The summed E-state index contributed by atoms with van der Waals surface area (Å²) in [4.78, 5) is 28.3. The van der Waals surface area contributed by atoms with Gasteiger partial charge in [-0.1, -0.05) is 36.4 Å². The number of piperidine rings is 1. The van der Waals surface area contributed by atoms with E-state index in [-0.39, 0.29) is 18.1 Å². The first-order valence-corrected chi connectivity index (χ1v) is 11.6. The molecule has 1 fully saturated rings. The van der Waals surface area contributed by atoms with Gasteiger partial charge >= 0.3 is 0 Å². The number of hydrogen-bond donors (Lipinski definition) is 1. The van der Waals surface area contributed by atoms with Crippen molar-refractivity contribution in [3.05, 3.63) is 59.7 Å². The second-order valence-corrected chi connectivity index (χ2v) is 10.6. The first kappa shape index (κ1) is 18.5. The van der Waals surface area contributed by atoms with Gasteiger partial charge in [-0.2, -0.15) is 0 Å². The van der Waals surface area contributed by atoms with E-state index in [9.17, 15) is 13.8 Å². The number of nitrogens with zero attached hydrogens (tertiary/aromatic N) is 1. The fourth-order valence-electron chi connectivity index (χ4n) is 4.47. The summed E-state index contributed by atoms with van der Waals surface area (Å²) < 4.78 is 13.7. The summed E-state index contributed by atoms with van der Waals surface area (Å²) in [6, 6.07) is 14.9. The summed E-state index contributed by atoms with van der Waals surface area (Å²) in [6.07, 6.45) is 1.38. The van der Waals surface area contributed by atoms with Crippen molar-refractivity contribution in [2.24, 2.45) is 0 Å². The van der Waals surface area contributed by atoms with E-state index in [1.54, 1.807) is 17.0 Å². The normalized spacial score (nSPS) is 20.8. The molecule has 5 nitrogen and oxygen atoms in total. The van der Waals surface area contributed by atoms with Gasteiger partial charge in [0.15, 0.2) is 5.78 Å². The van der Waals surface area contributed by atoms with Crippen molar-refractivity contribution in [2.45, 2.75) is 28.9 Å². The Balaban J connectivity index is 1.41. The molecule has 148 valence electrons. The number of anilines is 1. The molecule has 2 aliphatic rings. The number of Topliss-reactive ketones (excluding diaryl/α,β-unsaturated/α-hetero) is 1. The van der Waals surface area contributed by atoms with E-state index < -0.39 is 15.5 Å². The maximum absolute atomic E-state index is 13.3. The van der Waals surface area contributed by atoms with Crippen LogP contribution < -0.4 is 5.73 Å². The van der Waals surface area contributed by atoms with Crippen LogP contribution >= 0.6 is 11.3 Å². The Morgan fingerprint density at radius 3 is 2.55 bits per heavy atom. The Hall–Kier alpha value is -2.51. The lowest BCUT2D eigenvalue weighted by Crippen LogP contribution is -2.51. The van der Waals surface area contributed by atoms with E-state index in [1.807, 2.05) is 36.4 Å². The Labute approximate surface area is 175 Å². The minimum atomic E-state index is -1.25. The number of fused-ring (bicyclic) bond motifs is 2. The molecule has 3 aromatic rings. The first-order valence-electron chi connectivity index (χ1n) is 9.61. The summed E-state index contributed by atoms with van der Waals surface area (Å²) in [5.74, 6) is -0.0313. The number of nitrogen functional groups attached to an aromatic ring is 1. The number of benzene rings is 2. The third-order valence-electron chi connectivity index (χ3n) is 6.06. The topological polar surface area (TPSA) is 80.5 Å². The van der Waals surface area contributed by atoms with Crippen molar-refractivity contribution in [2.75, 3.05) is 18.8 Å². The van der Waals surface area contributed by atoms with Crippen molar-refractivity contribution < 1.29 is 13.8 Å². The van der Waals surface area contributed by atoms with Gasteiger partial charge in [-0.15, -0.1) is 11.3 Å². The number of ketones is 1. The predicted molar refractivity (Wildman–Crippen MR) is 116 cm³/mol. The average Bonchev–Trinajstić information content (AvgIpc) is 3.08. The third kappa shape index (κ3) is 2.83. The molecule has 1 saturated heterocycles. The molecule has 29 heavy (non-hydrogen) atoms. The first-order chi connectivity index (χ1) is 14.0. The zero-order valence-corrected chi connectivity index (χ0v) is 17.4. The number of thiophene rings is 1. The SMILES string of the molecule is Nc1sc2ccccc2c1C(=O)N1CCC2(CC1)CC(=O)c1ccccc1S2=O. The van der Waals surface area contributed by atoms with Gasteiger partial charge in [0, 0.05) is 35.2 Å². The summed E-state index contributed by atoms with van der Waals surface area (Å²) in [5.41, 5.74) is 7.31. The quantitative estimate of drug-likeness (QED) is 0.643. The number of nitrogens with two attached hydrogens (primary N) is 1. The molecule has 2 aliphatic heterocycles. The number of likely N-dealkylation sites (tertiary alicyclic amines) is 1. The van der Waals surface area contributed by atoms with Gasteiger partial charge in [-0.25, -0.2) is 0 Å². The number of amides is 1. The molecule has 1 atom stereocenters. The lowest BCUT2D eigenvalue weighted by molar-refractivity contribution is 0.0697. The summed E-state index contributed by atoms with van der Waals surface area (Å²) in [5, 5.41) is 1.41. The van der Waals surface area contributed by atoms with Crippen molar-refractivity contribution in [3.63, 3.8) is 0 Å². The molecule has 2 N–H and O–H groups in total. The van der Waals surface area contributed by atoms with Crippen molar-refractivity contribution >= 4 is 48.9 Å². The number of carbonyl (C=O) groups excluding carboxylic acids is 2. The fourth-order valence-corrected chi connectivity index (χ4v) is 7.30. The maximum atomic E-state index is 13.3. The van der Waals surface area contributed by atoms with Crippen LogP contribution in [0.5, 0.6) is 0 Å². The molecule has 0 bridgehead atoms. The van der Waals surface area contributed by atoms with E-state index in [1.165, 1.54) is 11.3 Å². The van der Waals surface area contributed by atoms with Crippen molar-refractivity contribution in [1.29, 1.82) is 0 Å². The molecule has 1 spiro atoms. The van der Waals surface area contributed by atoms with E-state index in [0.717, 1.165) is 10.1 Å². The Morgan fingerprint density at radius 1 is 1.07 bits per heavy atom. The van der Waals surface area contributed by atoms with E-state index >= 15 is 0 Å². The molecular weight excluding hydrogens is 404 g/mol. The van der Waals surface area contributed by atoms with Gasteiger partial charge in [-0.05, 0) is 25.0 Å². The van der Waals surface area contributed by atoms with Crippen LogP contribution in [-0.4, -0.2) is 38.6 Å². The summed E-state index contributed by atoms with van der Waals surface area (Å²) >= 11 is 1.42. The monoisotopic (exact) mass is 424 g/mol. The van der Waals surface area contributed by atoms with Gasteiger partial charge in [0.25, 0.3) is 5.91 Å². The molecule has 1 aromatic heterocycles. The van der Waals surface area contributed by atoms with E-state index in [2.05, 4.69) is 0 Å². The molecule has 1 unspecified atom stereocenters. The van der Waals surface area contributed by atoms with E-state index in [0.29, 0.717) is 47.0 Å². The van der Waals surface area contributed by atoms with Gasteiger partial charge in [-0.3, -0.25) is 13.8 Å². The molecule has 7 heteroatoms. The van der Waals surface area contributed by atoms with Crippen molar-refractivity contribution in [3.8, 4) is 0 Å². The molecular formula is C22H20N2O3S2. The second-order valence-electron chi connectivity index (χ2n) is 7.68. The molecule has 2 aromatic carbocycles. The highest BCUT2D eigenvalue weighted by molar-refractivity contribution is 7.86. The molecule has 0 saturated carbocycles. The fraction of sp³-hybridized carbons (Fsp3) is 0.273. The van der Waals surface area contributed by atoms with Crippen LogP contribution in [-0.2, 0) is 10.8 Å². The number of hydrogen-bond acceptors (Lipinski definition) is 5. The Kier molecular flexibility index (Phi) is 4.33. The summed E-state index contributed by atoms with van der Waals surface area (Å²) in [7, 11) is -1.25. The minimum absolute atomic E-state index is 0.0491. The molecule has 5 rings (SSSR count). The van der Waals surface area contributed by atoms with Crippen LogP contribution in [0.15, 0.2) is 53.4 Å². The zero-order chi connectivity index (χ0) is 20.2. The Bertz CT molecular complexity index is 1180. The molecule has 3 heterocycles. The molecule has 0 aliphatic carbocycles. The predicted octanol–water partition coefficient (Wildman–Crippen LogP) is 3.85. The Morgan fingerprint density at radius 2 is 1.76 bits per heavy atom.